The molecule has 0 bridgehead atoms. The molecule has 1 aliphatic heterocycles. The number of nitrogens with zero attached hydrogens (tertiary/aromatic N) is 4. The highest BCUT2D eigenvalue weighted by Crippen LogP contribution is 2.17. The second-order valence-corrected chi connectivity index (χ2v) is 6.66. The third-order valence-corrected chi connectivity index (χ3v) is 5.01. The number of benzene rings is 1. The number of carbonyl (C=O) groups excluding carboxylic acids is 1. The minimum absolute atomic E-state index is 0.0888. The molecular formula is C21H28N4O. The van der Waals surface area contributed by atoms with Gasteiger partial charge >= 0.3 is 0 Å². The fraction of sp³-hybridized carbons (Fsp3) is 0.429. The summed E-state index contributed by atoms with van der Waals surface area (Å²) >= 11 is 0. The Morgan fingerprint density at radius 3 is 2.38 bits per heavy atom. The van der Waals surface area contributed by atoms with Crippen molar-refractivity contribution in [1.82, 2.24) is 14.8 Å². The maximum Gasteiger partial charge on any atom is 0.255 e. The lowest BCUT2D eigenvalue weighted by Gasteiger charge is -2.35. The molecule has 0 aliphatic carbocycles. The van der Waals surface area contributed by atoms with Gasteiger partial charge in [-0.1, -0.05) is 30.3 Å². The van der Waals surface area contributed by atoms with Crippen molar-refractivity contribution in [2.45, 2.75) is 20.4 Å². The van der Waals surface area contributed by atoms with Gasteiger partial charge in [0.1, 0.15) is 0 Å². The van der Waals surface area contributed by atoms with Crippen LogP contribution in [0.2, 0.25) is 0 Å². The molecule has 5 nitrogen and oxygen atoms in total. The summed E-state index contributed by atoms with van der Waals surface area (Å²) in [5.41, 5.74) is 3.03. The fourth-order valence-corrected chi connectivity index (χ4v) is 3.44. The number of hydrogen-bond donors (Lipinski definition) is 0. The van der Waals surface area contributed by atoms with Gasteiger partial charge in [-0.2, -0.15) is 0 Å². The predicted octanol–water partition coefficient (Wildman–Crippen LogP) is 2.89. The Labute approximate surface area is 156 Å². The van der Waals surface area contributed by atoms with E-state index in [0.717, 1.165) is 51.5 Å². The van der Waals surface area contributed by atoms with Crippen molar-refractivity contribution in [3.8, 4) is 0 Å². The van der Waals surface area contributed by atoms with E-state index in [4.69, 9.17) is 0 Å². The molecule has 0 spiro atoms. The van der Waals surface area contributed by atoms with Crippen LogP contribution in [0.3, 0.4) is 0 Å². The highest BCUT2D eigenvalue weighted by Gasteiger charge is 2.22. The molecule has 138 valence electrons. The van der Waals surface area contributed by atoms with Crippen molar-refractivity contribution in [1.29, 1.82) is 0 Å². The Bertz CT molecular complexity index is 707. The number of anilines is 1. The van der Waals surface area contributed by atoms with E-state index in [-0.39, 0.29) is 5.91 Å². The fourth-order valence-electron chi connectivity index (χ4n) is 3.44. The van der Waals surface area contributed by atoms with Crippen molar-refractivity contribution in [3.05, 3.63) is 59.9 Å². The summed E-state index contributed by atoms with van der Waals surface area (Å²) in [5.74, 6) is 0.0888. The third-order valence-electron chi connectivity index (χ3n) is 5.01. The van der Waals surface area contributed by atoms with Gasteiger partial charge in [-0.05, 0) is 25.5 Å². The molecule has 0 atom stereocenters. The molecule has 3 rings (SSSR count). The van der Waals surface area contributed by atoms with Gasteiger partial charge < -0.3 is 9.80 Å². The van der Waals surface area contributed by atoms with Gasteiger partial charge in [-0.3, -0.25) is 14.7 Å². The lowest BCUT2D eigenvalue weighted by molar-refractivity contribution is 0.0628. The van der Waals surface area contributed by atoms with E-state index in [9.17, 15) is 4.79 Å². The van der Waals surface area contributed by atoms with Crippen molar-refractivity contribution in [3.63, 3.8) is 0 Å². The minimum Gasteiger partial charge on any atom is -0.371 e. The summed E-state index contributed by atoms with van der Waals surface area (Å²) in [6.45, 7) is 10.3. The molecule has 0 unspecified atom stereocenters. The number of rotatable bonds is 6. The van der Waals surface area contributed by atoms with E-state index in [1.54, 1.807) is 6.20 Å². The average molecular weight is 352 g/mol. The Hall–Kier alpha value is -2.40. The summed E-state index contributed by atoms with van der Waals surface area (Å²) in [4.78, 5) is 23.7. The highest BCUT2D eigenvalue weighted by atomic mass is 16.2. The van der Waals surface area contributed by atoms with E-state index in [1.165, 1.54) is 5.56 Å². The normalized spacial score (nSPS) is 15.1. The van der Waals surface area contributed by atoms with Gasteiger partial charge in [0.05, 0.1) is 17.4 Å². The first-order valence-corrected chi connectivity index (χ1v) is 9.46. The molecule has 1 aromatic heterocycles. The van der Waals surface area contributed by atoms with Crippen LogP contribution in [-0.4, -0.2) is 60.0 Å². The summed E-state index contributed by atoms with van der Waals surface area (Å²) in [5, 5.41) is 0. The summed E-state index contributed by atoms with van der Waals surface area (Å²) in [6.07, 6.45) is 3.52. The van der Waals surface area contributed by atoms with E-state index in [2.05, 4.69) is 52.9 Å². The van der Waals surface area contributed by atoms with E-state index < -0.39 is 0 Å². The van der Waals surface area contributed by atoms with Gasteiger partial charge in [-0.15, -0.1) is 0 Å². The quantitative estimate of drug-likeness (QED) is 0.801. The molecule has 1 fully saturated rings. The zero-order valence-electron chi connectivity index (χ0n) is 15.8. The topological polar surface area (TPSA) is 39.7 Å². The van der Waals surface area contributed by atoms with Crippen LogP contribution in [0.15, 0.2) is 48.8 Å². The Morgan fingerprint density at radius 1 is 1.04 bits per heavy atom. The summed E-state index contributed by atoms with van der Waals surface area (Å²) in [6, 6.07) is 12.5. The first-order valence-electron chi connectivity index (χ1n) is 9.46. The molecular weight excluding hydrogens is 324 g/mol. The van der Waals surface area contributed by atoms with Crippen LogP contribution in [0.1, 0.15) is 29.8 Å². The molecule has 0 N–H and O–H groups in total. The largest absolute Gasteiger partial charge is 0.371 e. The Morgan fingerprint density at radius 2 is 1.73 bits per heavy atom. The van der Waals surface area contributed by atoms with Crippen molar-refractivity contribution in [2.24, 2.45) is 0 Å². The third kappa shape index (κ3) is 4.41. The maximum atomic E-state index is 12.9. The van der Waals surface area contributed by atoms with Crippen molar-refractivity contribution < 1.29 is 4.79 Å². The predicted molar refractivity (Wildman–Crippen MR) is 105 cm³/mol. The molecule has 2 heterocycles. The van der Waals surface area contributed by atoms with E-state index in [0.29, 0.717) is 5.56 Å². The monoisotopic (exact) mass is 352 g/mol. The van der Waals surface area contributed by atoms with Crippen LogP contribution in [0, 0.1) is 0 Å². The second-order valence-electron chi connectivity index (χ2n) is 6.66. The first kappa shape index (κ1) is 18.4. The number of carbonyl (C=O) groups is 1. The van der Waals surface area contributed by atoms with Gasteiger partial charge in [0.25, 0.3) is 5.91 Å². The lowest BCUT2D eigenvalue weighted by atomic mass is 10.1. The van der Waals surface area contributed by atoms with Gasteiger partial charge in [0.15, 0.2) is 0 Å². The second kappa shape index (κ2) is 8.81. The number of amides is 1. The number of hydrogen-bond acceptors (Lipinski definition) is 4. The zero-order chi connectivity index (χ0) is 18.4. The van der Waals surface area contributed by atoms with Crippen LogP contribution in [0.25, 0.3) is 0 Å². The average Bonchev–Trinajstić information content (AvgIpc) is 2.70. The molecule has 1 saturated heterocycles. The van der Waals surface area contributed by atoms with E-state index >= 15 is 0 Å². The van der Waals surface area contributed by atoms with Crippen LogP contribution >= 0.6 is 0 Å². The van der Waals surface area contributed by atoms with Crippen LogP contribution in [0.5, 0.6) is 0 Å². The Kier molecular flexibility index (Phi) is 6.23. The molecule has 0 saturated carbocycles. The van der Waals surface area contributed by atoms with Crippen LogP contribution in [0.4, 0.5) is 5.69 Å². The standard InChI is InChI=1S/C21H28N4O/c1-3-24(4-2)20-14-19(15-22-16-20)21(26)25-12-10-23(11-13-25)17-18-8-6-5-7-9-18/h5-9,14-16H,3-4,10-13,17H2,1-2H3. The molecule has 1 aromatic carbocycles. The molecule has 1 aliphatic rings. The number of piperazine rings is 1. The lowest BCUT2D eigenvalue weighted by Crippen LogP contribution is -2.48. The van der Waals surface area contributed by atoms with Crippen LogP contribution < -0.4 is 4.90 Å². The van der Waals surface area contributed by atoms with Gasteiger partial charge in [-0.25, -0.2) is 0 Å². The molecule has 2 aromatic rings. The van der Waals surface area contributed by atoms with Gasteiger partial charge in [0, 0.05) is 52.0 Å². The molecule has 5 heteroatoms. The number of aromatic nitrogens is 1. The highest BCUT2D eigenvalue weighted by molar-refractivity contribution is 5.94. The number of pyridine rings is 1. The zero-order valence-corrected chi connectivity index (χ0v) is 15.8. The molecule has 0 radical (unpaired) electrons. The minimum atomic E-state index is 0.0888. The maximum absolute atomic E-state index is 12.9. The molecule has 1 amide bonds. The Balaban J connectivity index is 1.59. The van der Waals surface area contributed by atoms with E-state index in [1.807, 2.05) is 23.2 Å². The van der Waals surface area contributed by atoms with Crippen molar-refractivity contribution in [2.75, 3.05) is 44.2 Å². The summed E-state index contributed by atoms with van der Waals surface area (Å²) < 4.78 is 0. The summed E-state index contributed by atoms with van der Waals surface area (Å²) in [7, 11) is 0. The first-order chi connectivity index (χ1) is 12.7. The molecule has 26 heavy (non-hydrogen) atoms. The SMILES string of the molecule is CCN(CC)c1cncc(C(=O)N2CCN(Cc3ccccc3)CC2)c1. The smallest absolute Gasteiger partial charge is 0.255 e. The van der Waals surface area contributed by atoms with Gasteiger partial charge in [0.2, 0.25) is 0 Å². The van der Waals surface area contributed by atoms with Crippen LogP contribution in [-0.2, 0) is 6.54 Å². The van der Waals surface area contributed by atoms with Crippen molar-refractivity contribution >= 4 is 11.6 Å².